The van der Waals surface area contributed by atoms with Crippen molar-refractivity contribution in [3.05, 3.63) is 45.2 Å². The van der Waals surface area contributed by atoms with Gasteiger partial charge in [0.25, 0.3) is 0 Å². The van der Waals surface area contributed by atoms with Crippen molar-refractivity contribution in [2.24, 2.45) is 0 Å². The van der Waals surface area contributed by atoms with Crippen molar-refractivity contribution in [3.8, 4) is 0 Å². The number of aromatic nitrogens is 2. The Bertz CT molecular complexity index is 864. The first-order valence-electron chi connectivity index (χ1n) is 10.1. The van der Waals surface area contributed by atoms with Gasteiger partial charge in [-0.1, -0.05) is 22.3 Å². The van der Waals surface area contributed by atoms with Crippen molar-refractivity contribution < 1.29 is 13.8 Å². The van der Waals surface area contributed by atoms with Gasteiger partial charge in [-0.15, -0.1) is 0 Å². The lowest BCUT2D eigenvalue weighted by Gasteiger charge is -2.29. The summed E-state index contributed by atoms with van der Waals surface area (Å²) in [4.78, 5) is 15.5. The number of ketones is 1. The average molecular weight is 431 g/mol. The van der Waals surface area contributed by atoms with Crippen LogP contribution in [-0.2, 0) is 4.79 Å². The Morgan fingerprint density at radius 3 is 1.87 bits per heavy atom. The minimum atomic E-state index is 0.0557. The molecule has 162 valence electrons. The van der Waals surface area contributed by atoms with E-state index in [2.05, 4.69) is 33.6 Å². The van der Waals surface area contributed by atoms with Gasteiger partial charge in [0.15, 0.2) is 5.78 Å². The number of aryl methyl sites for hydroxylation is 4. The molecular weight excluding hydrogens is 400 g/mol. The maximum atomic E-state index is 13.3. The monoisotopic (exact) mass is 430 g/mol. The lowest BCUT2D eigenvalue weighted by atomic mass is 9.95. The summed E-state index contributed by atoms with van der Waals surface area (Å²) in [5, 5.41) is 8.03. The number of carbonyl (C=O) groups is 1. The highest BCUT2D eigenvalue weighted by Gasteiger charge is 2.28. The second kappa shape index (κ2) is 9.76. The molecule has 8 heteroatoms. The molecule has 1 aliphatic rings. The zero-order valence-corrected chi connectivity index (χ0v) is 19.4. The quantitative estimate of drug-likeness (QED) is 0.372. The maximum Gasteiger partial charge on any atom is 0.187 e. The van der Waals surface area contributed by atoms with Crippen molar-refractivity contribution >= 4 is 29.9 Å². The molecule has 0 saturated carbocycles. The molecule has 3 rings (SSSR count). The molecule has 0 aliphatic carbocycles. The van der Waals surface area contributed by atoms with Crippen LogP contribution >= 0.6 is 11.9 Å². The van der Waals surface area contributed by atoms with Crippen LogP contribution < -0.4 is 0 Å². The first kappa shape index (κ1) is 22.5. The zero-order valence-electron chi connectivity index (χ0n) is 18.6. The molecule has 0 atom stereocenters. The van der Waals surface area contributed by atoms with E-state index < -0.39 is 0 Å². The van der Waals surface area contributed by atoms with Crippen molar-refractivity contribution in [1.82, 2.24) is 19.5 Å². The smallest absolute Gasteiger partial charge is 0.187 e. The Morgan fingerprint density at radius 2 is 1.47 bits per heavy atom. The third-order valence-electron chi connectivity index (χ3n) is 5.11. The minimum absolute atomic E-state index is 0.0557. The third-order valence-corrected chi connectivity index (χ3v) is 6.21. The summed E-state index contributed by atoms with van der Waals surface area (Å²) in [6, 6.07) is 0. The molecule has 1 fully saturated rings. The SMILES string of the molecule is Cc1noc(C)c1/C=C1/CN(SCCCN(C)C)C/C(=C\c2c(C)noc2C)C1=O. The van der Waals surface area contributed by atoms with Gasteiger partial charge in [-0.2, -0.15) is 0 Å². The van der Waals surface area contributed by atoms with Crippen molar-refractivity contribution in [2.45, 2.75) is 34.1 Å². The summed E-state index contributed by atoms with van der Waals surface area (Å²) in [6.07, 6.45) is 4.95. The Kier molecular flexibility index (Phi) is 7.33. The number of nitrogens with zero attached hydrogens (tertiary/aromatic N) is 4. The van der Waals surface area contributed by atoms with Crippen LogP contribution in [0.25, 0.3) is 12.2 Å². The van der Waals surface area contributed by atoms with E-state index >= 15 is 0 Å². The van der Waals surface area contributed by atoms with E-state index in [1.165, 1.54) is 0 Å². The molecule has 30 heavy (non-hydrogen) atoms. The van der Waals surface area contributed by atoms with Crippen LogP contribution in [0, 0.1) is 27.7 Å². The highest BCUT2D eigenvalue weighted by molar-refractivity contribution is 7.97. The maximum absolute atomic E-state index is 13.3. The van der Waals surface area contributed by atoms with Crippen LogP contribution in [0.2, 0.25) is 0 Å². The fourth-order valence-corrected chi connectivity index (χ4v) is 4.39. The van der Waals surface area contributed by atoms with Gasteiger partial charge < -0.3 is 13.9 Å². The number of carbonyl (C=O) groups excluding carboxylic acids is 1. The fraction of sp³-hybridized carbons (Fsp3) is 0.500. The Balaban J connectivity index is 1.89. The molecule has 7 nitrogen and oxygen atoms in total. The molecule has 0 unspecified atom stereocenters. The Hall–Kier alpha value is -2.16. The Morgan fingerprint density at radius 1 is 0.967 bits per heavy atom. The second-order valence-electron chi connectivity index (χ2n) is 7.93. The van der Waals surface area contributed by atoms with E-state index in [-0.39, 0.29) is 5.78 Å². The third kappa shape index (κ3) is 5.30. The number of piperidine rings is 1. The molecule has 2 aromatic heterocycles. The second-order valence-corrected chi connectivity index (χ2v) is 9.11. The van der Waals surface area contributed by atoms with E-state index in [0.29, 0.717) is 13.1 Å². The standard InChI is InChI=1S/C22H30N4O3S/c1-14-20(16(3)28-23-14)10-18-12-26(30-9-7-8-25(5)6)13-19(22(18)27)11-21-15(2)24-29-17(21)4/h10-11H,7-9,12-13H2,1-6H3/b18-10-,19-11+. The van der Waals surface area contributed by atoms with Crippen LogP contribution in [0.1, 0.15) is 40.5 Å². The molecule has 0 spiro atoms. The molecule has 0 amide bonds. The summed E-state index contributed by atoms with van der Waals surface area (Å²) < 4.78 is 12.8. The largest absolute Gasteiger partial charge is 0.361 e. The predicted molar refractivity (Wildman–Crippen MR) is 120 cm³/mol. The molecule has 2 aromatic rings. The van der Waals surface area contributed by atoms with Crippen LogP contribution in [0.4, 0.5) is 0 Å². The van der Waals surface area contributed by atoms with Crippen molar-refractivity contribution in [2.75, 3.05) is 39.5 Å². The molecular formula is C22H30N4O3S. The first-order valence-corrected chi connectivity index (χ1v) is 11.0. The lowest BCUT2D eigenvalue weighted by Crippen LogP contribution is -2.33. The molecule has 0 radical (unpaired) electrons. The van der Waals surface area contributed by atoms with E-state index in [0.717, 1.165) is 63.9 Å². The molecule has 3 heterocycles. The Labute approximate surface area is 182 Å². The van der Waals surface area contributed by atoms with E-state index in [9.17, 15) is 4.79 Å². The van der Waals surface area contributed by atoms with Crippen LogP contribution in [0.15, 0.2) is 20.2 Å². The van der Waals surface area contributed by atoms with Crippen LogP contribution in [0.5, 0.6) is 0 Å². The van der Waals surface area contributed by atoms with Gasteiger partial charge in [-0.05, 0) is 66.9 Å². The summed E-state index contributed by atoms with van der Waals surface area (Å²) >= 11 is 1.79. The number of rotatable bonds is 7. The molecule has 1 aliphatic heterocycles. The average Bonchev–Trinajstić information content (AvgIpc) is 3.18. The summed E-state index contributed by atoms with van der Waals surface area (Å²) in [5.74, 6) is 2.50. The summed E-state index contributed by atoms with van der Waals surface area (Å²) in [6.45, 7) is 9.75. The van der Waals surface area contributed by atoms with E-state index in [1.807, 2.05) is 39.8 Å². The lowest BCUT2D eigenvalue weighted by molar-refractivity contribution is -0.113. The van der Waals surface area contributed by atoms with Gasteiger partial charge in [-0.3, -0.25) is 4.79 Å². The molecule has 1 saturated heterocycles. The fourth-order valence-electron chi connectivity index (χ4n) is 3.41. The van der Waals surface area contributed by atoms with Crippen LogP contribution in [-0.4, -0.2) is 64.8 Å². The van der Waals surface area contributed by atoms with Gasteiger partial charge >= 0.3 is 0 Å². The van der Waals surface area contributed by atoms with Crippen LogP contribution in [0.3, 0.4) is 0 Å². The van der Waals surface area contributed by atoms with E-state index in [1.54, 1.807) is 11.9 Å². The first-order chi connectivity index (χ1) is 14.3. The molecule has 0 aromatic carbocycles. The van der Waals surface area contributed by atoms with Crippen molar-refractivity contribution in [1.29, 1.82) is 0 Å². The van der Waals surface area contributed by atoms with Gasteiger partial charge in [0.05, 0.1) is 11.4 Å². The summed E-state index contributed by atoms with van der Waals surface area (Å²) in [7, 11) is 4.16. The summed E-state index contributed by atoms with van der Waals surface area (Å²) in [5.41, 5.74) is 4.84. The number of hydrogen-bond donors (Lipinski definition) is 0. The topological polar surface area (TPSA) is 75.6 Å². The van der Waals surface area contributed by atoms with Gasteiger partial charge in [0.1, 0.15) is 11.5 Å². The van der Waals surface area contributed by atoms with E-state index in [4.69, 9.17) is 9.05 Å². The minimum Gasteiger partial charge on any atom is -0.361 e. The molecule has 0 bridgehead atoms. The number of Topliss-reactive ketones (excluding diaryl/α,β-unsaturated/α-hetero) is 1. The van der Waals surface area contributed by atoms with Crippen molar-refractivity contribution in [3.63, 3.8) is 0 Å². The van der Waals surface area contributed by atoms with Gasteiger partial charge in [0.2, 0.25) is 0 Å². The zero-order chi connectivity index (χ0) is 21.8. The predicted octanol–water partition coefficient (Wildman–Crippen LogP) is 3.85. The number of hydrogen-bond acceptors (Lipinski definition) is 8. The van der Waals surface area contributed by atoms with Gasteiger partial charge in [-0.25, -0.2) is 4.31 Å². The van der Waals surface area contributed by atoms with Gasteiger partial charge in [0, 0.05) is 41.1 Å². The molecule has 0 N–H and O–H groups in total. The highest BCUT2D eigenvalue weighted by atomic mass is 32.2. The highest BCUT2D eigenvalue weighted by Crippen LogP contribution is 2.29. The normalized spacial score (nSPS) is 18.3.